The number of nitrogens with zero attached hydrogens (tertiary/aromatic N) is 2. The number of hydrogen-bond acceptors (Lipinski definition) is 4. The van der Waals surface area contributed by atoms with Crippen LogP contribution < -0.4 is 4.74 Å². The van der Waals surface area contributed by atoms with Crippen molar-refractivity contribution in [3.8, 4) is 17.2 Å². The van der Waals surface area contributed by atoms with Crippen molar-refractivity contribution >= 4 is 34.8 Å². The third-order valence-corrected chi connectivity index (χ3v) is 4.05. The van der Waals surface area contributed by atoms with Crippen molar-refractivity contribution in [3.05, 3.63) is 62.9 Å². The number of rotatable bonds is 4. The maximum absolute atomic E-state index is 6.16. The van der Waals surface area contributed by atoms with Crippen molar-refractivity contribution in [2.75, 3.05) is 7.11 Å². The van der Waals surface area contributed by atoms with Gasteiger partial charge in [0.2, 0.25) is 0 Å². The second-order valence-electron chi connectivity index (χ2n) is 4.77. The maximum Gasteiger partial charge on any atom is 0.261 e. The van der Waals surface area contributed by atoms with E-state index in [-0.39, 0.29) is 0 Å². The molecular formula is C16H11Cl3N2O2. The van der Waals surface area contributed by atoms with E-state index in [2.05, 4.69) is 10.1 Å². The molecule has 0 aliphatic rings. The minimum atomic E-state index is 0.337. The smallest absolute Gasteiger partial charge is 0.261 e. The average molecular weight is 370 g/mol. The highest BCUT2D eigenvalue weighted by atomic mass is 35.5. The zero-order valence-electron chi connectivity index (χ0n) is 12.0. The third-order valence-electron chi connectivity index (χ3n) is 3.22. The molecule has 0 fully saturated rings. The fourth-order valence-electron chi connectivity index (χ4n) is 2.12. The summed E-state index contributed by atoms with van der Waals surface area (Å²) in [5.41, 5.74) is 1.50. The lowest BCUT2D eigenvalue weighted by Gasteiger charge is -2.04. The normalized spacial score (nSPS) is 10.8. The molecule has 7 heteroatoms. The highest BCUT2D eigenvalue weighted by Gasteiger charge is 2.15. The van der Waals surface area contributed by atoms with E-state index in [1.54, 1.807) is 37.4 Å². The first kappa shape index (κ1) is 16.1. The number of hydrogen-bond donors (Lipinski definition) is 0. The lowest BCUT2D eigenvalue weighted by Crippen LogP contribution is -1.92. The Morgan fingerprint density at radius 1 is 1.04 bits per heavy atom. The molecule has 0 aliphatic heterocycles. The average Bonchev–Trinajstić information content (AvgIpc) is 2.98. The van der Waals surface area contributed by atoms with Gasteiger partial charge in [-0.1, -0.05) is 46.0 Å². The fourth-order valence-corrected chi connectivity index (χ4v) is 2.77. The Hall–Kier alpha value is -1.75. The number of halogens is 3. The molecule has 0 spiro atoms. The second kappa shape index (κ2) is 6.79. The van der Waals surface area contributed by atoms with Crippen LogP contribution in [-0.4, -0.2) is 17.3 Å². The van der Waals surface area contributed by atoms with Crippen molar-refractivity contribution in [1.82, 2.24) is 10.1 Å². The maximum atomic E-state index is 6.16. The topological polar surface area (TPSA) is 48.2 Å². The van der Waals surface area contributed by atoms with Crippen LogP contribution >= 0.6 is 34.8 Å². The molecule has 1 aromatic heterocycles. The first-order valence-corrected chi connectivity index (χ1v) is 7.80. The Kier molecular flexibility index (Phi) is 4.76. The lowest BCUT2D eigenvalue weighted by molar-refractivity contribution is 0.403. The fraction of sp³-hybridized carbons (Fsp3) is 0.125. The lowest BCUT2D eigenvalue weighted by atomic mass is 10.1. The van der Waals surface area contributed by atoms with Crippen LogP contribution in [0.5, 0.6) is 5.75 Å². The summed E-state index contributed by atoms with van der Waals surface area (Å²) in [5, 5.41) is 5.68. The van der Waals surface area contributed by atoms with E-state index < -0.39 is 0 Å². The van der Waals surface area contributed by atoms with Gasteiger partial charge in [-0.15, -0.1) is 0 Å². The van der Waals surface area contributed by atoms with Gasteiger partial charge in [0.15, 0.2) is 5.82 Å². The van der Waals surface area contributed by atoms with Gasteiger partial charge in [-0.05, 0) is 35.9 Å². The monoisotopic (exact) mass is 368 g/mol. The van der Waals surface area contributed by atoms with E-state index in [0.717, 1.165) is 5.56 Å². The zero-order valence-corrected chi connectivity index (χ0v) is 14.3. The molecule has 0 N–H and O–H groups in total. The standard InChI is InChI=1S/C16H11Cl3N2O2/c1-22-14-5-4-10(17)7-12(14)16-20-15(21-23-16)6-9-2-3-11(18)8-13(9)19/h2-5,7-8H,6H2,1H3. The molecule has 2 aromatic carbocycles. The molecule has 0 atom stereocenters. The summed E-state index contributed by atoms with van der Waals surface area (Å²) in [7, 11) is 1.57. The Balaban J connectivity index is 1.90. The van der Waals surface area contributed by atoms with Crippen LogP contribution in [0.25, 0.3) is 11.5 Å². The molecule has 0 saturated carbocycles. The Morgan fingerprint density at radius 3 is 2.52 bits per heavy atom. The van der Waals surface area contributed by atoms with Crippen molar-refractivity contribution in [2.24, 2.45) is 0 Å². The van der Waals surface area contributed by atoms with Crippen molar-refractivity contribution < 1.29 is 9.26 Å². The summed E-state index contributed by atoms with van der Waals surface area (Å²) in [6, 6.07) is 10.5. The summed E-state index contributed by atoms with van der Waals surface area (Å²) in [5.74, 6) is 1.45. The van der Waals surface area contributed by atoms with Gasteiger partial charge < -0.3 is 9.26 Å². The molecule has 0 bridgehead atoms. The molecule has 0 aliphatic carbocycles. The van der Waals surface area contributed by atoms with Crippen molar-refractivity contribution in [1.29, 1.82) is 0 Å². The summed E-state index contributed by atoms with van der Waals surface area (Å²) < 4.78 is 10.6. The molecule has 0 amide bonds. The minimum absolute atomic E-state index is 0.337. The molecule has 0 saturated heterocycles. The van der Waals surface area contributed by atoms with Crippen LogP contribution in [0.15, 0.2) is 40.9 Å². The van der Waals surface area contributed by atoms with Crippen LogP contribution in [0, 0.1) is 0 Å². The number of methoxy groups -OCH3 is 1. The van der Waals surface area contributed by atoms with Gasteiger partial charge in [-0.25, -0.2) is 0 Å². The zero-order chi connectivity index (χ0) is 16.4. The van der Waals surface area contributed by atoms with Crippen LogP contribution in [0.1, 0.15) is 11.4 Å². The molecule has 3 aromatic rings. The van der Waals surface area contributed by atoms with Gasteiger partial charge in [-0.2, -0.15) is 4.98 Å². The Labute approximate surface area is 147 Å². The molecule has 1 heterocycles. The molecule has 0 radical (unpaired) electrons. The largest absolute Gasteiger partial charge is 0.496 e. The molecular weight excluding hydrogens is 359 g/mol. The Morgan fingerprint density at radius 2 is 1.78 bits per heavy atom. The van der Waals surface area contributed by atoms with Gasteiger partial charge in [0.1, 0.15) is 5.75 Å². The Bertz CT molecular complexity index is 849. The van der Waals surface area contributed by atoms with Crippen LogP contribution in [-0.2, 0) is 6.42 Å². The molecule has 0 unspecified atom stereocenters. The summed E-state index contributed by atoms with van der Waals surface area (Å²) in [6.07, 6.45) is 0.433. The first-order valence-electron chi connectivity index (χ1n) is 6.67. The van der Waals surface area contributed by atoms with E-state index in [0.29, 0.717) is 44.5 Å². The van der Waals surface area contributed by atoms with E-state index in [1.165, 1.54) is 0 Å². The van der Waals surface area contributed by atoms with Crippen LogP contribution in [0.2, 0.25) is 15.1 Å². The summed E-state index contributed by atoms with van der Waals surface area (Å²) in [4.78, 5) is 4.38. The van der Waals surface area contributed by atoms with Gasteiger partial charge >= 0.3 is 0 Å². The SMILES string of the molecule is COc1ccc(Cl)cc1-c1nc(Cc2ccc(Cl)cc2Cl)no1. The van der Waals surface area contributed by atoms with Crippen LogP contribution in [0.4, 0.5) is 0 Å². The summed E-state index contributed by atoms with van der Waals surface area (Å²) in [6.45, 7) is 0. The van der Waals surface area contributed by atoms with Gasteiger partial charge in [0.05, 0.1) is 12.7 Å². The van der Waals surface area contributed by atoms with Crippen LogP contribution in [0.3, 0.4) is 0 Å². The highest BCUT2D eigenvalue weighted by Crippen LogP contribution is 2.32. The van der Waals surface area contributed by atoms with E-state index >= 15 is 0 Å². The quantitative estimate of drug-likeness (QED) is 0.626. The molecule has 3 rings (SSSR count). The highest BCUT2D eigenvalue weighted by molar-refractivity contribution is 6.35. The van der Waals surface area contributed by atoms with E-state index in [9.17, 15) is 0 Å². The third kappa shape index (κ3) is 3.61. The van der Waals surface area contributed by atoms with E-state index in [1.807, 2.05) is 6.07 Å². The molecule has 4 nitrogen and oxygen atoms in total. The number of ether oxygens (including phenoxy) is 1. The number of aromatic nitrogens is 2. The second-order valence-corrected chi connectivity index (χ2v) is 6.05. The summed E-state index contributed by atoms with van der Waals surface area (Å²) >= 11 is 18.1. The first-order chi connectivity index (χ1) is 11.1. The van der Waals surface area contributed by atoms with Gasteiger partial charge in [-0.3, -0.25) is 0 Å². The predicted octanol–water partition coefficient (Wildman–Crippen LogP) is 5.30. The van der Waals surface area contributed by atoms with Gasteiger partial charge in [0, 0.05) is 21.5 Å². The van der Waals surface area contributed by atoms with Gasteiger partial charge in [0.25, 0.3) is 5.89 Å². The predicted molar refractivity (Wildman–Crippen MR) is 90.6 cm³/mol. The molecule has 23 heavy (non-hydrogen) atoms. The van der Waals surface area contributed by atoms with E-state index in [4.69, 9.17) is 44.1 Å². The van der Waals surface area contributed by atoms with Crippen molar-refractivity contribution in [2.45, 2.75) is 6.42 Å². The minimum Gasteiger partial charge on any atom is -0.496 e. The molecule has 118 valence electrons. The number of benzene rings is 2. The van der Waals surface area contributed by atoms with Crippen molar-refractivity contribution in [3.63, 3.8) is 0 Å².